The molecule has 0 saturated carbocycles. The van der Waals surface area contributed by atoms with Crippen molar-refractivity contribution in [3.05, 3.63) is 29.6 Å². The number of pyridine rings is 1. The Morgan fingerprint density at radius 2 is 2.20 bits per heavy atom. The van der Waals surface area contributed by atoms with E-state index in [1.54, 1.807) is 7.05 Å². The van der Waals surface area contributed by atoms with Crippen LogP contribution in [0.4, 0.5) is 13.2 Å². The zero-order chi connectivity index (χ0) is 11.3. The number of rotatable bonds is 1. The first-order valence-electron chi connectivity index (χ1n) is 4.21. The van der Waals surface area contributed by atoms with E-state index in [4.69, 9.17) is 0 Å². The first-order chi connectivity index (χ1) is 7.04. The van der Waals surface area contributed by atoms with Crippen LogP contribution in [0.15, 0.2) is 18.3 Å². The van der Waals surface area contributed by atoms with E-state index in [1.165, 1.54) is 0 Å². The van der Waals surface area contributed by atoms with Crippen molar-refractivity contribution >= 4 is 0 Å². The predicted octanol–water partition coefficient (Wildman–Crippen LogP) is 1.67. The van der Waals surface area contributed by atoms with Crippen molar-refractivity contribution in [2.24, 2.45) is 0 Å². The van der Waals surface area contributed by atoms with Crippen LogP contribution in [0, 0.1) is 11.8 Å². The fourth-order valence-corrected chi connectivity index (χ4v) is 0.898. The highest BCUT2D eigenvalue weighted by molar-refractivity contribution is 5.32. The Hall–Kier alpha value is -1.54. The van der Waals surface area contributed by atoms with Crippen molar-refractivity contribution in [3.8, 4) is 11.8 Å². The van der Waals surface area contributed by atoms with Crippen molar-refractivity contribution in [2.75, 3.05) is 13.6 Å². The third-order valence-electron chi connectivity index (χ3n) is 1.57. The molecular weight excluding hydrogens is 205 g/mol. The van der Waals surface area contributed by atoms with Gasteiger partial charge in [-0.3, -0.25) is 0 Å². The summed E-state index contributed by atoms with van der Waals surface area (Å²) in [6, 6.07) is 1.85. The minimum absolute atomic E-state index is 0.125. The number of nitrogens with zero attached hydrogens (tertiary/aromatic N) is 1. The molecule has 1 rings (SSSR count). The van der Waals surface area contributed by atoms with Gasteiger partial charge in [-0.15, -0.1) is 0 Å². The number of hydrogen-bond donors (Lipinski definition) is 1. The minimum atomic E-state index is -4.34. The molecule has 0 aliphatic heterocycles. The molecule has 1 aromatic heterocycles. The van der Waals surface area contributed by atoms with Crippen LogP contribution in [0.2, 0.25) is 0 Å². The predicted molar refractivity (Wildman–Crippen MR) is 50.0 cm³/mol. The molecule has 0 fully saturated rings. The van der Waals surface area contributed by atoms with E-state index in [0.717, 1.165) is 18.3 Å². The minimum Gasteiger partial charge on any atom is -0.309 e. The summed E-state index contributed by atoms with van der Waals surface area (Å²) >= 11 is 0. The lowest BCUT2D eigenvalue weighted by Crippen LogP contribution is -2.06. The maximum Gasteiger partial charge on any atom is 0.416 e. The average Bonchev–Trinajstić information content (AvgIpc) is 2.17. The van der Waals surface area contributed by atoms with Gasteiger partial charge in [0.2, 0.25) is 0 Å². The molecule has 0 bridgehead atoms. The lowest BCUT2D eigenvalue weighted by Gasteiger charge is -2.05. The molecule has 0 amide bonds. The normalized spacial score (nSPS) is 10.7. The molecule has 0 aliphatic rings. The van der Waals surface area contributed by atoms with Gasteiger partial charge in [-0.1, -0.05) is 5.92 Å². The second-order valence-electron chi connectivity index (χ2n) is 2.76. The topological polar surface area (TPSA) is 24.9 Å². The van der Waals surface area contributed by atoms with E-state index in [2.05, 4.69) is 22.1 Å². The maximum absolute atomic E-state index is 12.3. The molecule has 0 aromatic carbocycles. The summed E-state index contributed by atoms with van der Waals surface area (Å²) in [4.78, 5) is 3.72. The highest BCUT2D eigenvalue weighted by Gasteiger charge is 2.30. The van der Waals surface area contributed by atoms with Gasteiger partial charge in [0.05, 0.1) is 12.1 Å². The summed E-state index contributed by atoms with van der Waals surface area (Å²) in [5, 5.41) is 2.76. The largest absolute Gasteiger partial charge is 0.416 e. The fraction of sp³-hybridized carbons (Fsp3) is 0.300. The van der Waals surface area contributed by atoms with E-state index >= 15 is 0 Å². The summed E-state index contributed by atoms with van der Waals surface area (Å²) < 4.78 is 36.8. The maximum atomic E-state index is 12.3. The van der Waals surface area contributed by atoms with Crippen LogP contribution in [0.5, 0.6) is 0 Å². The second kappa shape index (κ2) is 4.80. The van der Waals surface area contributed by atoms with Crippen LogP contribution < -0.4 is 5.32 Å². The summed E-state index contributed by atoms with van der Waals surface area (Å²) in [6.45, 7) is 0.415. The van der Waals surface area contributed by atoms with Gasteiger partial charge in [-0.05, 0) is 25.1 Å². The summed E-state index contributed by atoms with van der Waals surface area (Å²) in [5.74, 6) is 5.17. The van der Waals surface area contributed by atoms with Crippen molar-refractivity contribution in [1.29, 1.82) is 0 Å². The Morgan fingerprint density at radius 1 is 1.47 bits per heavy atom. The number of hydrogen-bond acceptors (Lipinski definition) is 2. The van der Waals surface area contributed by atoms with Crippen molar-refractivity contribution < 1.29 is 13.2 Å². The molecule has 80 valence electrons. The first kappa shape index (κ1) is 11.5. The van der Waals surface area contributed by atoms with Crippen LogP contribution in [-0.2, 0) is 6.18 Å². The Morgan fingerprint density at radius 3 is 2.80 bits per heavy atom. The van der Waals surface area contributed by atoms with Gasteiger partial charge >= 0.3 is 6.18 Å². The van der Waals surface area contributed by atoms with Gasteiger partial charge in [0.1, 0.15) is 5.69 Å². The Labute approximate surface area is 85.5 Å². The van der Waals surface area contributed by atoms with Crippen LogP contribution in [0.3, 0.4) is 0 Å². The molecule has 0 radical (unpaired) electrons. The monoisotopic (exact) mass is 214 g/mol. The molecule has 1 heterocycles. The Bertz CT molecular complexity index is 388. The molecule has 1 aromatic rings. The number of halogens is 3. The third kappa shape index (κ3) is 3.60. The molecule has 0 atom stereocenters. The van der Waals surface area contributed by atoms with E-state index in [-0.39, 0.29) is 5.69 Å². The quantitative estimate of drug-likeness (QED) is 0.719. The van der Waals surface area contributed by atoms with Gasteiger partial charge in [0.25, 0.3) is 0 Å². The van der Waals surface area contributed by atoms with Gasteiger partial charge in [-0.25, -0.2) is 4.98 Å². The Balaban J connectivity index is 2.90. The van der Waals surface area contributed by atoms with Gasteiger partial charge < -0.3 is 5.32 Å². The van der Waals surface area contributed by atoms with Crippen LogP contribution in [0.1, 0.15) is 11.3 Å². The molecule has 5 heteroatoms. The lowest BCUT2D eigenvalue weighted by atomic mass is 10.2. The number of alkyl halides is 3. The summed E-state index contributed by atoms with van der Waals surface area (Å²) in [7, 11) is 1.70. The highest BCUT2D eigenvalue weighted by Crippen LogP contribution is 2.28. The van der Waals surface area contributed by atoms with E-state index in [0.29, 0.717) is 6.54 Å². The SMILES string of the molecule is CNCC#Cc1cc(C(F)(F)F)ccn1. The third-order valence-corrected chi connectivity index (χ3v) is 1.57. The lowest BCUT2D eigenvalue weighted by molar-refractivity contribution is -0.137. The highest BCUT2D eigenvalue weighted by atomic mass is 19.4. The van der Waals surface area contributed by atoms with E-state index in [9.17, 15) is 13.2 Å². The molecule has 0 unspecified atom stereocenters. The van der Waals surface area contributed by atoms with Crippen molar-refractivity contribution in [2.45, 2.75) is 6.18 Å². The molecule has 0 saturated heterocycles. The molecular formula is C10H9F3N2. The van der Waals surface area contributed by atoms with Crippen LogP contribution >= 0.6 is 0 Å². The first-order valence-corrected chi connectivity index (χ1v) is 4.21. The number of aromatic nitrogens is 1. The molecule has 1 N–H and O–H groups in total. The Kier molecular flexibility index (Phi) is 3.69. The number of nitrogens with one attached hydrogen (secondary N) is 1. The van der Waals surface area contributed by atoms with Gasteiger partial charge in [0, 0.05) is 6.20 Å². The smallest absolute Gasteiger partial charge is 0.309 e. The van der Waals surface area contributed by atoms with Crippen molar-refractivity contribution in [1.82, 2.24) is 10.3 Å². The van der Waals surface area contributed by atoms with Gasteiger partial charge in [0.15, 0.2) is 0 Å². The van der Waals surface area contributed by atoms with E-state index < -0.39 is 11.7 Å². The molecule has 0 aliphatic carbocycles. The average molecular weight is 214 g/mol. The zero-order valence-electron chi connectivity index (χ0n) is 8.02. The van der Waals surface area contributed by atoms with Crippen LogP contribution in [0.25, 0.3) is 0 Å². The van der Waals surface area contributed by atoms with Crippen LogP contribution in [-0.4, -0.2) is 18.6 Å². The van der Waals surface area contributed by atoms with E-state index in [1.807, 2.05) is 0 Å². The van der Waals surface area contributed by atoms with Crippen molar-refractivity contribution in [3.63, 3.8) is 0 Å². The standard InChI is InChI=1S/C10H9F3N2/c1-14-5-2-3-9-7-8(4-6-15-9)10(11,12)13/h4,6-7,14H,5H2,1H3. The second-order valence-corrected chi connectivity index (χ2v) is 2.76. The zero-order valence-corrected chi connectivity index (χ0v) is 8.02. The molecule has 15 heavy (non-hydrogen) atoms. The van der Waals surface area contributed by atoms with Gasteiger partial charge in [-0.2, -0.15) is 13.2 Å². The fourth-order valence-electron chi connectivity index (χ4n) is 0.898. The molecule has 0 spiro atoms. The molecule has 2 nitrogen and oxygen atoms in total. The summed E-state index contributed by atoms with van der Waals surface area (Å²) in [5.41, 5.74) is -0.605. The summed E-state index contributed by atoms with van der Waals surface area (Å²) in [6.07, 6.45) is -3.24.